The van der Waals surface area contributed by atoms with Crippen LogP contribution in [0.1, 0.15) is 39.0 Å². The monoisotopic (exact) mass is 294 g/mol. The molecule has 118 valence electrons. The van der Waals surface area contributed by atoms with E-state index in [9.17, 15) is 14.7 Å². The number of amides is 2. The third-order valence-electron chi connectivity index (χ3n) is 5.92. The van der Waals surface area contributed by atoms with E-state index in [0.29, 0.717) is 12.5 Å². The lowest BCUT2D eigenvalue weighted by molar-refractivity contribution is -0.142. The number of carbonyl (C=O) groups is 2. The molecular formula is C16H26N2O3. The van der Waals surface area contributed by atoms with E-state index in [1.807, 2.05) is 14.0 Å². The van der Waals surface area contributed by atoms with Crippen LogP contribution in [0.2, 0.25) is 0 Å². The summed E-state index contributed by atoms with van der Waals surface area (Å²) in [4.78, 5) is 27.3. The topological polar surface area (TPSA) is 60.9 Å². The van der Waals surface area contributed by atoms with Gasteiger partial charge in [0.1, 0.15) is 6.04 Å². The number of hydrogen-bond acceptors (Lipinski definition) is 2. The second-order valence-corrected chi connectivity index (χ2v) is 7.34. The van der Waals surface area contributed by atoms with Crippen LogP contribution in [0.4, 0.5) is 4.79 Å². The Labute approximate surface area is 126 Å². The minimum absolute atomic E-state index is 0.0438. The molecule has 0 aromatic heterocycles. The highest BCUT2D eigenvalue weighted by Gasteiger charge is 2.43. The molecule has 0 spiro atoms. The highest BCUT2D eigenvalue weighted by molar-refractivity contribution is 5.83. The van der Waals surface area contributed by atoms with E-state index in [1.54, 1.807) is 9.80 Å². The van der Waals surface area contributed by atoms with Crippen molar-refractivity contribution in [2.75, 3.05) is 20.1 Å². The number of aliphatic carboxylic acids is 1. The molecule has 1 N–H and O–H groups in total. The van der Waals surface area contributed by atoms with Crippen LogP contribution >= 0.6 is 0 Å². The first-order valence-electron chi connectivity index (χ1n) is 8.22. The summed E-state index contributed by atoms with van der Waals surface area (Å²) in [6.45, 7) is 3.28. The summed E-state index contributed by atoms with van der Waals surface area (Å²) in [5.74, 6) is 1.46. The van der Waals surface area contributed by atoms with Crippen LogP contribution < -0.4 is 0 Å². The van der Waals surface area contributed by atoms with Gasteiger partial charge in [-0.3, -0.25) is 0 Å². The fourth-order valence-electron chi connectivity index (χ4n) is 4.79. The molecule has 0 aromatic rings. The second-order valence-electron chi connectivity index (χ2n) is 7.34. The van der Waals surface area contributed by atoms with Gasteiger partial charge in [0.25, 0.3) is 0 Å². The summed E-state index contributed by atoms with van der Waals surface area (Å²) in [5.41, 5.74) is 0. The van der Waals surface area contributed by atoms with Crippen molar-refractivity contribution in [2.45, 2.75) is 45.1 Å². The molecule has 5 heteroatoms. The van der Waals surface area contributed by atoms with Gasteiger partial charge in [0.05, 0.1) is 0 Å². The number of fused-ring (bicyclic) bond motifs is 2. The number of carboxylic acid groups (broad SMARTS) is 1. The molecule has 0 radical (unpaired) electrons. The summed E-state index contributed by atoms with van der Waals surface area (Å²) in [7, 11) is 1.83. The second kappa shape index (κ2) is 5.50. The van der Waals surface area contributed by atoms with Crippen LogP contribution in [-0.2, 0) is 4.79 Å². The summed E-state index contributed by atoms with van der Waals surface area (Å²) in [5, 5.41) is 9.34. The van der Waals surface area contributed by atoms with E-state index < -0.39 is 12.0 Å². The van der Waals surface area contributed by atoms with Crippen molar-refractivity contribution >= 4 is 12.0 Å². The minimum Gasteiger partial charge on any atom is -0.480 e. The van der Waals surface area contributed by atoms with Gasteiger partial charge in [-0.15, -0.1) is 0 Å². The van der Waals surface area contributed by atoms with E-state index in [0.717, 1.165) is 24.8 Å². The van der Waals surface area contributed by atoms with Crippen LogP contribution in [0.5, 0.6) is 0 Å². The Kier molecular flexibility index (Phi) is 3.84. The molecule has 3 fully saturated rings. The summed E-state index contributed by atoms with van der Waals surface area (Å²) in [6, 6.07) is -0.755. The highest BCUT2D eigenvalue weighted by Crippen LogP contribution is 2.48. The van der Waals surface area contributed by atoms with Crippen molar-refractivity contribution in [1.29, 1.82) is 0 Å². The molecule has 2 aliphatic carbocycles. The number of carboxylic acids is 1. The van der Waals surface area contributed by atoms with Crippen LogP contribution in [0.15, 0.2) is 0 Å². The third kappa shape index (κ3) is 2.62. The van der Waals surface area contributed by atoms with E-state index in [2.05, 4.69) is 0 Å². The lowest BCUT2D eigenvalue weighted by Crippen LogP contribution is -2.49. The molecule has 5 atom stereocenters. The van der Waals surface area contributed by atoms with Crippen LogP contribution in [0.25, 0.3) is 0 Å². The maximum atomic E-state index is 12.6. The first-order valence-corrected chi connectivity index (χ1v) is 8.22. The van der Waals surface area contributed by atoms with E-state index in [4.69, 9.17) is 0 Å². The Balaban J connectivity index is 1.60. The van der Waals surface area contributed by atoms with Crippen molar-refractivity contribution in [2.24, 2.45) is 23.7 Å². The average molecular weight is 294 g/mol. The Morgan fingerprint density at radius 2 is 2.00 bits per heavy atom. The molecule has 3 aliphatic rings. The van der Waals surface area contributed by atoms with Gasteiger partial charge in [0, 0.05) is 20.1 Å². The number of rotatable bonds is 3. The summed E-state index contributed by atoms with van der Waals surface area (Å²) in [6.07, 6.45) is 6.05. The molecule has 21 heavy (non-hydrogen) atoms. The molecule has 1 saturated heterocycles. The van der Waals surface area contributed by atoms with Gasteiger partial charge in [-0.1, -0.05) is 13.3 Å². The van der Waals surface area contributed by atoms with E-state index >= 15 is 0 Å². The zero-order valence-corrected chi connectivity index (χ0v) is 13.0. The minimum atomic E-state index is -0.873. The lowest BCUT2D eigenvalue weighted by atomic mass is 9.88. The first kappa shape index (κ1) is 14.7. The standard InChI is InChI=1S/C16H26N2O3/c1-10-5-6-18(14(10)15(19)20)16(21)17(2)9-13-8-11-3-4-12(13)7-11/h10-14H,3-9H2,1-2H3,(H,19,20). The maximum absolute atomic E-state index is 12.6. The van der Waals surface area contributed by atoms with Gasteiger partial charge in [-0.05, 0) is 49.4 Å². The number of nitrogens with zero attached hydrogens (tertiary/aromatic N) is 2. The zero-order valence-electron chi connectivity index (χ0n) is 13.0. The van der Waals surface area contributed by atoms with Gasteiger partial charge in [0.15, 0.2) is 0 Å². The smallest absolute Gasteiger partial charge is 0.326 e. The molecule has 5 unspecified atom stereocenters. The van der Waals surface area contributed by atoms with E-state index in [1.165, 1.54) is 25.7 Å². The predicted octanol–water partition coefficient (Wildman–Crippen LogP) is 2.27. The lowest BCUT2D eigenvalue weighted by Gasteiger charge is -2.32. The predicted molar refractivity (Wildman–Crippen MR) is 78.9 cm³/mol. The molecule has 5 nitrogen and oxygen atoms in total. The fraction of sp³-hybridized carbons (Fsp3) is 0.875. The normalized spacial score (nSPS) is 38.0. The van der Waals surface area contributed by atoms with Crippen LogP contribution in [-0.4, -0.2) is 53.1 Å². The largest absolute Gasteiger partial charge is 0.480 e. The first-order chi connectivity index (χ1) is 9.97. The van der Waals surface area contributed by atoms with Crippen molar-refractivity contribution in [3.8, 4) is 0 Å². The maximum Gasteiger partial charge on any atom is 0.326 e. The molecule has 0 aromatic carbocycles. The van der Waals surface area contributed by atoms with Gasteiger partial charge in [0.2, 0.25) is 0 Å². The Bertz CT molecular complexity index is 439. The molecule has 2 bridgehead atoms. The number of carbonyl (C=O) groups excluding carboxylic acids is 1. The van der Waals surface area contributed by atoms with Crippen LogP contribution in [0.3, 0.4) is 0 Å². The van der Waals surface area contributed by atoms with Gasteiger partial charge in [-0.25, -0.2) is 9.59 Å². The quantitative estimate of drug-likeness (QED) is 0.868. The molecular weight excluding hydrogens is 268 g/mol. The molecule has 2 amide bonds. The fourth-order valence-corrected chi connectivity index (χ4v) is 4.79. The summed E-state index contributed by atoms with van der Waals surface area (Å²) < 4.78 is 0. The molecule has 3 rings (SSSR count). The van der Waals surface area contributed by atoms with Crippen molar-refractivity contribution in [3.63, 3.8) is 0 Å². The number of urea groups is 1. The number of likely N-dealkylation sites (tertiary alicyclic amines) is 1. The summed E-state index contributed by atoms with van der Waals surface area (Å²) >= 11 is 0. The van der Waals surface area contributed by atoms with Gasteiger partial charge < -0.3 is 14.9 Å². The number of hydrogen-bond donors (Lipinski definition) is 1. The van der Waals surface area contributed by atoms with Gasteiger partial charge in [-0.2, -0.15) is 0 Å². The SMILES string of the molecule is CC1CCN(C(=O)N(C)CC2CC3CCC2C3)C1C(=O)O. The Hall–Kier alpha value is -1.26. The van der Waals surface area contributed by atoms with E-state index in [-0.39, 0.29) is 11.9 Å². The average Bonchev–Trinajstić information content (AvgIpc) is 3.12. The van der Waals surface area contributed by atoms with Crippen LogP contribution in [0, 0.1) is 23.7 Å². The molecule has 1 aliphatic heterocycles. The van der Waals surface area contributed by atoms with Gasteiger partial charge >= 0.3 is 12.0 Å². The van der Waals surface area contributed by atoms with Crippen molar-refractivity contribution < 1.29 is 14.7 Å². The Morgan fingerprint density at radius 1 is 1.24 bits per heavy atom. The zero-order chi connectivity index (χ0) is 15.1. The third-order valence-corrected chi connectivity index (χ3v) is 5.92. The molecule has 2 saturated carbocycles. The highest BCUT2D eigenvalue weighted by atomic mass is 16.4. The van der Waals surface area contributed by atoms with Crippen molar-refractivity contribution in [3.05, 3.63) is 0 Å². The Morgan fingerprint density at radius 3 is 2.57 bits per heavy atom. The van der Waals surface area contributed by atoms with Crippen molar-refractivity contribution in [1.82, 2.24) is 9.80 Å². The molecule has 1 heterocycles.